The van der Waals surface area contributed by atoms with Gasteiger partial charge in [0.25, 0.3) is 0 Å². The zero-order chi connectivity index (χ0) is 7.72. The van der Waals surface area contributed by atoms with E-state index in [9.17, 15) is 9.36 Å². The normalized spacial score (nSPS) is 31.9. The van der Waals surface area contributed by atoms with Gasteiger partial charge in [0.1, 0.15) is 0 Å². The van der Waals surface area contributed by atoms with Gasteiger partial charge in [-0.3, -0.25) is 4.57 Å². The van der Waals surface area contributed by atoms with Gasteiger partial charge in [-0.1, -0.05) is 0 Å². The van der Waals surface area contributed by atoms with Crippen LogP contribution >= 0.6 is 8.03 Å². The van der Waals surface area contributed by atoms with E-state index in [1.54, 1.807) is 6.92 Å². The third kappa shape index (κ3) is 1.28. The monoisotopic (exact) mass is 162 g/mol. The first kappa shape index (κ1) is 7.51. The second kappa shape index (κ2) is 2.56. The van der Waals surface area contributed by atoms with E-state index in [0.29, 0.717) is 0 Å². The summed E-state index contributed by atoms with van der Waals surface area (Å²) >= 11 is 0. The van der Waals surface area contributed by atoms with Crippen LogP contribution in [-0.4, -0.2) is 17.2 Å². The van der Waals surface area contributed by atoms with Crippen molar-refractivity contribution in [3.8, 4) is 0 Å². The molecule has 4 nitrogen and oxygen atoms in total. The van der Waals surface area contributed by atoms with Crippen LogP contribution in [-0.2, 0) is 13.9 Å². The van der Waals surface area contributed by atoms with Crippen LogP contribution in [0.3, 0.4) is 0 Å². The maximum atomic E-state index is 10.6. The molecule has 10 heavy (non-hydrogen) atoms. The smallest absolute Gasteiger partial charge is 0.334 e. The lowest BCUT2D eigenvalue weighted by Gasteiger charge is -2.01. The lowest BCUT2D eigenvalue weighted by molar-refractivity contribution is -0.133. The number of rotatable bonds is 1. The number of carbonyl (C=O) groups is 1. The Kier molecular flexibility index (Phi) is 1.92. The fourth-order valence-electron chi connectivity index (χ4n) is 0.752. The average molecular weight is 162 g/mol. The summed E-state index contributed by atoms with van der Waals surface area (Å²) in [6.45, 7) is 1.56. The largest absolute Gasteiger partial charge is 0.478 e. The van der Waals surface area contributed by atoms with Gasteiger partial charge in [-0.15, -0.1) is 0 Å². The topological polar surface area (TPSA) is 63.6 Å². The van der Waals surface area contributed by atoms with E-state index in [2.05, 4.69) is 0 Å². The van der Waals surface area contributed by atoms with E-state index in [1.165, 1.54) is 5.82 Å². The molecule has 0 spiro atoms. The van der Waals surface area contributed by atoms with Crippen LogP contribution in [0.5, 0.6) is 0 Å². The molecule has 1 aliphatic rings. The summed E-state index contributed by atoms with van der Waals surface area (Å²) in [5, 5.41) is 8.43. The molecule has 0 aliphatic carbocycles. The Morgan fingerprint density at radius 2 is 2.50 bits per heavy atom. The van der Waals surface area contributed by atoms with Gasteiger partial charge >= 0.3 is 5.97 Å². The van der Waals surface area contributed by atoms with Crippen molar-refractivity contribution in [3.63, 3.8) is 0 Å². The van der Waals surface area contributed by atoms with Crippen molar-refractivity contribution in [2.45, 2.75) is 13.0 Å². The van der Waals surface area contributed by atoms with Crippen molar-refractivity contribution in [3.05, 3.63) is 11.4 Å². The summed E-state index contributed by atoms with van der Waals surface area (Å²) in [7, 11) is -2.19. The van der Waals surface area contributed by atoms with Crippen molar-refractivity contribution in [1.29, 1.82) is 0 Å². The summed E-state index contributed by atoms with van der Waals surface area (Å²) in [5.74, 6) is 0.126. The average Bonchev–Trinajstić information content (AvgIpc) is 2.10. The fourth-order valence-corrected chi connectivity index (χ4v) is 1.91. The van der Waals surface area contributed by atoms with Crippen molar-refractivity contribution < 1.29 is 19.0 Å². The van der Waals surface area contributed by atoms with E-state index in [1.807, 2.05) is 0 Å². The van der Waals surface area contributed by atoms with Gasteiger partial charge < -0.3 is 9.63 Å². The molecule has 0 aromatic heterocycles. The Bertz CT molecular complexity index is 220. The van der Waals surface area contributed by atoms with Crippen molar-refractivity contribution in [2.24, 2.45) is 0 Å². The van der Waals surface area contributed by atoms with Crippen molar-refractivity contribution in [2.75, 3.05) is 0 Å². The van der Waals surface area contributed by atoms with Crippen LogP contribution in [0.25, 0.3) is 0 Å². The van der Waals surface area contributed by atoms with Crippen molar-refractivity contribution in [1.82, 2.24) is 0 Å². The Balaban J connectivity index is 2.85. The quantitative estimate of drug-likeness (QED) is 0.580. The molecule has 5 heteroatoms. The predicted octanol–water partition coefficient (Wildman–Crippen LogP) is 0.848. The third-order valence-corrected chi connectivity index (χ3v) is 2.38. The predicted molar refractivity (Wildman–Crippen MR) is 35.3 cm³/mol. The summed E-state index contributed by atoms with van der Waals surface area (Å²) < 4.78 is 15.3. The van der Waals surface area contributed by atoms with Crippen LogP contribution in [0.15, 0.2) is 11.4 Å². The van der Waals surface area contributed by atoms with E-state index in [4.69, 9.17) is 9.63 Å². The molecule has 0 amide bonds. The SMILES string of the molecule is CC1O[PH](=O)C=C1C(=O)O. The van der Waals surface area contributed by atoms with Gasteiger partial charge in [0.2, 0.25) is 8.03 Å². The van der Waals surface area contributed by atoms with E-state index >= 15 is 0 Å². The maximum Gasteiger partial charge on any atom is 0.334 e. The standard InChI is InChI=1S/C5H7O4P/c1-3-4(5(6)7)2-10(8)9-3/h2-3,10H,1H3,(H,6,7). The second-order valence-electron chi connectivity index (χ2n) is 1.98. The highest BCUT2D eigenvalue weighted by Gasteiger charge is 2.24. The summed E-state index contributed by atoms with van der Waals surface area (Å²) in [6.07, 6.45) is -0.524. The fraction of sp³-hybridized carbons (Fsp3) is 0.400. The van der Waals surface area contributed by atoms with E-state index in [-0.39, 0.29) is 5.57 Å². The molecule has 0 saturated carbocycles. The molecule has 1 heterocycles. The molecular weight excluding hydrogens is 155 g/mol. The first-order valence-electron chi connectivity index (χ1n) is 2.77. The van der Waals surface area contributed by atoms with E-state index < -0.39 is 20.1 Å². The third-order valence-electron chi connectivity index (χ3n) is 1.25. The molecule has 0 bridgehead atoms. The van der Waals surface area contributed by atoms with E-state index in [0.717, 1.165) is 0 Å². The Morgan fingerprint density at radius 3 is 2.70 bits per heavy atom. The molecule has 56 valence electrons. The minimum absolute atomic E-state index is 0.101. The number of carboxylic acids is 1. The molecule has 0 aromatic rings. The van der Waals surface area contributed by atoms with Crippen LogP contribution in [0.2, 0.25) is 0 Å². The van der Waals surface area contributed by atoms with Crippen LogP contribution in [0, 0.1) is 0 Å². The molecule has 2 unspecified atom stereocenters. The first-order valence-corrected chi connectivity index (χ1v) is 4.16. The zero-order valence-corrected chi connectivity index (χ0v) is 6.33. The number of hydrogen-bond acceptors (Lipinski definition) is 3. The Hall–Kier alpha value is -0.600. The molecule has 2 atom stereocenters. The van der Waals surface area contributed by atoms with Gasteiger partial charge in [-0.2, -0.15) is 0 Å². The lowest BCUT2D eigenvalue weighted by Crippen LogP contribution is -2.10. The maximum absolute atomic E-state index is 10.6. The van der Waals surface area contributed by atoms with Crippen LogP contribution in [0.4, 0.5) is 0 Å². The lowest BCUT2D eigenvalue weighted by atomic mass is 10.2. The highest BCUT2D eigenvalue weighted by atomic mass is 31.1. The van der Waals surface area contributed by atoms with Crippen LogP contribution in [0.1, 0.15) is 6.92 Å². The molecular formula is C5H7O4P. The summed E-state index contributed by atoms with van der Waals surface area (Å²) in [6, 6.07) is 0. The second-order valence-corrected chi connectivity index (χ2v) is 3.15. The Morgan fingerprint density at radius 1 is 1.90 bits per heavy atom. The number of aliphatic carboxylic acids is 1. The zero-order valence-electron chi connectivity index (χ0n) is 5.33. The van der Waals surface area contributed by atoms with Crippen molar-refractivity contribution >= 4 is 14.0 Å². The first-order chi connectivity index (χ1) is 4.61. The van der Waals surface area contributed by atoms with Gasteiger partial charge in [0.05, 0.1) is 11.7 Å². The van der Waals surface area contributed by atoms with Crippen LogP contribution < -0.4 is 0 Å². The number of hydrogen-bond donors (Lipinski definition) is 1. The Labute approximate surface area is 58.4 Å². The molecule has 0 saturated heterocycles. The van der Waals surface area contributed by atoms with Gasteiger partial charge in [-0.05, 0) is 6.92 Å². The highest BCUT2D eigenvalue weighted by Crippen LogP contribution is 2.37. The van der Waals surface area contributed by atoms with Gasteiger partial charge in [0.15, 0.2) is 0 Å². The molecule has 1 rings (SSSR count). The molecule has 1 aliphatic heterocycles. The molecule has 1 N–H and O–H groups in total. The molecule has 0 aromatic carbocycles. The minimum atomic E-state index is -2.19. The summed E-state index contributed by atoms with van der Waals surface area (Å²) in [4.78, 5) is 10.3. The molecule has 0 fully saturated rings. The van der Waals surface area contributed by atoms with Gasteiger partial charge in [0, 0.05) is 5.82 Å². The molecule has 0 radical (unpaired) electrons. The minimum Gasteiger partial charge on any atom is -0.478 e. The van der Waals surface area contributed by atoms with Gasteiger partial charge in [-0.25, -0.2) is 4.79 Å². The highest BCUT2D eigenvalue weighted by molar-refractivity contribution is 7.43. The number of carboxylic acid groups (broad SMARTS) is 1. The summed E-state index contributed by atoms with van der Waals surface area (Å²) in [5.41, 5.74) is 0.101.